The molecule has 0 saturated carbocycles. The van der Waals surface area contributed by atoms with Crippen LogP contribution in [-0.4, -0.2) is 28.1 Å². The van der Waals surface area contributed by atoms with E-state index in [1.165, 1.54) is 0 Å². The van der Waals surface area contributed by atoms with Gasteiger partial charge in [-0.1, -0.05) is 39.3 Å². The Bertz CT molecular complexity index is 216. The fraction of sp³-hybridized carbons (Fsp3) is 0.800. The topological polar surface area (TPSA) is 72.2 Å². The Morgan fingerprint density at radius 3 is 1.44 bits per heavy atom. The van der Waals surface area contributed by atoms with Gasteiger partial charge in [-0.2, -0.15) is 0 Å². The van der Waals surface area contributed by atoms with Gasteiger partial charge in [0.15, 0.2) is 0 Å². The summed E-state index contributed by atoms with van der Waals surface area (Å²) in [7, 11) is -2.51. The van der Waals surface area contributed by atoms with E-state index in [0.29, 0.717) is 6.04 Å². The minimum atomic E-state index is -1.32. The molecule has 0 unspecified atom stereocenters. The molecule has 0 spiro atoms. The molecule has 0 atom stereocenters. The van der Waals surface area contributed by atoms with E-state index >= 15 is 0 Å². The van der Waals surface area contributed by atoms with Crippen molar-refractivity contribution in [2.24, 2.45) is 5.73 Å². The first-order chi connectivity index (χ1) is 6.83. The van der Waals surface area contributed by atoms with Crippen LogP contribution < -0.4 is 10.7 Å². The maximum Gasteiger partial charge on any atom is 0.214 e. The van der Waals surface area contributed by atoms with Crippen LogP contribution in [0.5, 0.6) is 0 Å². The molecule has 0 radical (unpaired) electrons. The van der Waals surface area contributed by atoms with Gasteiger partial charge in [-0.05, 0) is 0 Å². The standard InChI is InChI=1S/2C5H13NOSi/c1-8(2,3)4-5(6)7;1-5(7)6-8(2,3)4/h4H2,1-3H3,(H2,6,7);1-4H3,(H,6,7). The summed E-state index contributed by atoms with van der Waals surface area (Å²) in [5.74, 6) is -0.0756. The number of amides is 2. The van der Waals surface area contributed by atoms with Crippen molar-refractivity contribution in [2.45, 2.75) is 52.2 Å². The lowest BCUT2D eigenvalue weighted by atomic mass is 10.8. The molecule has 0 aromatic carbocycles. The van der Waals surface area contributed by atoms with E-state index in [2.05, 4.69) is 44.3 Å². The van der Waals surface area contributed by atoms with Crippen LogP contribution in [0.15, 0.2) is 0 Å². The Balaban J connectivity index is 0. The SMILES string of the molecule is CC(=O)N[Si](C)(C)C.C[Si](C)(C)CC(N)=O. The molecule has 6 heteroatoms. The molecule has 16 heavy (non-hydrogen) atoms. The van der Waals surface area contributed by atoms with Crippen LogP contribution in [0.2, 0.25) is 45.3 Å². The summed E-state index contributed by atoms with van der Waals surface area (Å²) in [5, 5.41) is 0. The lowest BCUT2D eigenvalue weighted by Crippen LogP contribution is -2.43. The van der Waals surface area contributed by atoms with Gasteiger partial charge in [0.1, 0.15) is 8.24 Å². The quantitative estimate of drug-likeness (QED) is 0.761. The van der Waals surface area contributed by atoms with Gasteiger partial charge in [-0.15, -0.1) is 0 Å². The average molecular weight is 263 g/mol. The van der Waals surface area contributed by atoms with Crippen LogP contribution in [0.3, 0.4) is 0 Å². The normalized spacial score (nSPS) is 11.2. The predicted molar refractivity (Wildman–Crippen MR) is 74.5 cm³/mol. The van der Waals surface area contributed by atoms with Crippen LogP contribution in [0.4, 0.5) is 0 Å². The average Bonchev–Trinajstić information content (AvgIpc) is 1.72. The van der Waals surface area contributed by atoms with Crippen molar-refractivity contribution >= 4 is 28.1 Å². The summed E-state index contributed by atoms with van der Waals surface area (Å²) in [6.07, 6.45) is 0. The van der Waals surface area contributed by atoms with Gasteiger partial charge in [0, 0.05) is 13.0 Å². The second-order valence-corrected chi connectivity index (χ2v) is 16.4. The molecule has 0 rings (SSSR count). The van der Waals surface area contributed by atoms with Crippen molar-refractivity contribution in [2.75, 3.05) is 0 Å². The molecule has 0 aromatic rings. The van der Waals surface area contributed by atoms with Crippen molar-refractivity contribution in [3.05, 3.63) is 0 Å². The molecule has 96 valence electrons. The Labute approximate surface area is 101 Å². The molecule has 0 aliphatic heterocycles. The van der Waals surface area contributed by atoms with E-state index in [9.17, 15) is 9.59 Å². The molecule has 0 fully saturated rings. The third kappa shape index (κ3) is 23.3. The summed E-state index contributed by atoms with van der Waals surface area (Å²) in [4.78, 5) is 23.5. The number of carbonyl (C=O) groups excluding carboxylic acids is 2. The minimum absolute atomic E-state index is 0.0872. The van der Waals surface area contributed by atoms with Crippen LogP contribution >= 0.6 is 0 Å². The minimum Gasteiger partial charge on any atom is -0.383 e. The van der Waals surface area contributed by atoms with Crippen LogP contribution in [0.25, 0.3) is 0 Å². The maximum atomic E-state index is 10.4. The van der Waals surface area contributed by atoms with Crippen molar-refractivity contribution in [3.8, 4) is 0 Å². The molecule has 0 aromatic heterocycles. The highest BCUT2D eigenvalue weighted by Gasteiger charge is 2.15. The smallest absolute Gasteiger partial charge is 0.214 e. The molecule has 0 bridgehead atoms. The molecule has 0 aliphatic rings. The monoisotopic (exact) mass is 262 g/mol. The molecule has 0 aliphatic carbocycles. The highest BCUT2D eigenvalue weighted by atomic mass is 28.3. The van der Waals surface area contributed by atoms with E-state index in [1.54, 1.807) is 6.92 Å². The van der Waals surface area contributed by atoms with Gasteiger partial charge in [-0.25, -0.2) is 0 Å². The van der Waals surface area contributed by atoms with E-state index < -0.39 is 16.3 Å². The Morgan fingerprint density at radius 2 is 1.44 bits per heavy atom. The summed E-state index contributed by atoms with van der Waals surface area (Å²) in [5.41, 5.74) is 4.97. The van der Waals surface area contributed by atoms with Gasteiger partial charge >= 0.3 is 0 Å². The molecule has 3 N–H and O–H groups in total. The number of hydrogen-bond acceptors (Lipinski definition) is 2. The Kier molecular flexibility index (Phi) is 7.60. The number of primary amides is 1. The fourth-order valence-corrected chi connectivity index (χ4v) is 3.15. The zero-order valence-electron chi connectivity index (χ0n) is 11.6. The van der Waals surface area contributed by atoms with Crippen LogP contribution in [0, 0.1) is 0 Å². The Morgan fingerprint density at radius 1 is 1.06 bits per heavy atom. The predicted octanol–water partition coefficient (Wildman–Crippen LogP) is 1.77. The number of nitrogens with two attached hydrogens (primary N) is 1. The van der Waals surface area contributed by atoms with Crippen molar-refractivity contribution < 1.29 is 9.59 Å². The second-order valence-electron chi connectivity index (χ2n) is 6.13. The largest absolute Gasteiger partial charge is 0.383 e. The molecular formula is C10H26N2O2Si2. The second kappa shape index (κ2) is 6.85. The third-order valence-corrected chi connectivity index (χ3v) is 3.77. The summed E-state index contributed by atoms with van der Waals surface area (Å²) >= 11 is 0. The molecular weight excluding hydrogens is 236 g/mol. The van der Waals surface area contributed by atoms with Gasteiger partial charge < -0.3 is 10.7 Å². The summed E-state index contributed by atoms with van der Waals surface area (Å²) < 4.78 is 0. The van der Waals surface area contributed by atoms with Gasteiger partial charge in [0.05, 0.1) is 8.07 Å². The first-order valence-electron chi connectivity index (χ1n) is 5.40. The van der Waals surface area contributed by atoms with E-state index in [4.69, 9.17) is 5.73 Å². The first-order valence-corrected chi connectivity index (χ1v) is 12.6. The van der Waals surface area contributed by atoms with Crippen LogP contribution in [-0.2, 0) is 9.59 Å². The van der Waals surface area contributed by atoms with Gasteiger partial charge in [0.2, 0.25) is 11.8 Å². The third-order valence-electron chi connectivity index (χ3n) is 1.26. The molecule has 0 saturated heterocycles. The number of rotatable bonds is 3. The highest BCUT2D eigenvalue weighted by Crippen LogP contribution is 2.05. The number of carbonyl (C=O) groups is 2. The van der Waals surface area contributed by atoms with Crippen molar-refractivity contribution in [1.82, 2.24) is 4.98 Å². The van der Waals surface area contributed by atoms with Crippen LogP contribution in [0.1, 0.15) is 6.92 Å². The number of hydrogen-bond donors (Lipinski definition) is 2. The zero-order chi connectivity index (χ0) is 13.6. The van der Waals surface area contributed by atoms with E-state index in [-0.39, 0.29) is 11.8 Å². The Hall–Kier alpha value is -0.626. The van der Waals surface area contributed by atoms with E-state index in [1.807, 2.05) is 0 Å². The number of nitrogens with one attached hydrogen (secondary N) is 1. The van der Waals surface area contributed by atoms with Crippen molar-refractivity contribution in [1.29, 1.82) is 0 Å². The first kappa shape index (κ1) is 17.8. The zero-order valence-corrected chi connectivity index (χ0v) is 13.6. The fourth-order valence-electron chi connectivity index (χ4n) is 1.05. The van der Waals surface area contributed by atoms with Gasteiger partial charge in [0.25, 0.3) is 0 Å². The highest BCUT2D eigenvalue weighted by molar-refractivity contribution is 6.78. The molecule has 4 nitrogen and oxygen atoms in total. The maximum absolute atomic E-state index is 10.4. The summed E-state index contributed by atoms with van der Waals surface area (Å²) in [6, 6.07) is 0.604. The van der Waals surface area contributed by atoms with Gasteiger partial charge in [-0.3, -0.25) is 9.59 Å². The lowest BCUT2D eigenvalue weighted by molar-refractivity contribution is -0.117. The molecule has 0 heterocycles. The lowest BCUT2D eigenvalue weighted by Gasteiger charge is -2.15. The van der Waals surface area contributed by atoms with Crippen molar-refractivity contribution in [3.63, 3.8) is 0 Å². The van der Waals surface area contributed by atoms with E-state index in [0.717, 1.165) is 0 Å². The molecule has 2 amide bonds. The summed E-state index contributed by atoms with van der Waals surface area (Å²) in [6.45, 7) is 14.2.